The first kappa shape index (κ1) is 22.6. The lowest BCUT2D eigenvalue weighted by Crippen LogP contribution is -2.38. The van der Waals surface area contributed by atoms with Crippen molar-refractivity contribution in [1.82, 2.24) is 10.7 Å². The Kier molecular flexibility index (Phi) is 9.01. The van der Waals surface area contributed by atoms with Gasteiger partial charge in [-0.25, -0.2) is 10.2 Å². The molecule has 0 aliphatic rings. The van der Waals surface area contributed by atoms with Crippen molar-refractivity contribution in [2.24, 2.45) is 5.10 Å². The average molecular weight is 413 g/mol. The summed E-state index contributed by atoms with van der Waals surface area (Å²) in [4.78, 5) is 34.3. The lowest BCUT2D eigenvalue weighted by molar-refractivity contribution is -0.139. The van der Waals surface area contributed by atoms with Crippen LogP contribution < -0.4 is 15.5 Å². The number of benzene rings is 2. The van der Waals surface area contributed by atoms with Gasteiger partial charge >= 0.3 is 17.8 Å². The second-order valence-corrected chi connectivity index (χ2v) is 6.13. The number of carbonyl (C=O) groups is 3. The molecule has 158 valence electrons. The summed E-state index contributed by atoms with van der Waals surface area (Å²) in [6.07, 6.45) is 1.97. The highest BCUT2D eigenvalue weighted by Crippen LogP contribution is 2.18. The van der Waals surface area contributed by atoms with E-state index in [0.29, 0.717) is 30.9 Å². The van der Waals surface area contributed by atoms with E-state index in [-0.39, 0.29) is 12.2 Å². The number of carboxylic acid groups (broad SMARTS) is 1. The van der Waals surface area contributed by atoms with Crippen LogP contribution in [0, 0.1) is 0 Å². The van der Waals surface area contributed by atoms with Crippen molar-refractivity contribution in [1.29, 1.82) is 0 Å². The number of ether oxygens (including phenoxy) is 2. The van der Waals surface area contributed by atoms with Crippen LogP contribution in [-0.2, 0) is 20.9 Å². The normalized spacial score (nSPS) is 10.6. The van der Waals surface area contributed by atoms with Gasteiger partial charge < -0.3 is 19.9 Å². The third kappa shape index (κ3) is 7.36. The molecule has 9 heteroatoms. The molecule has 0 bridgehead atoms. The van der Waals surface area contributed by atoms with Crippen LogP contribution in [0.4, 0.5) is 0 Å². The molecule has 0 atom stereocenters. The molecule has 2 aromatic carbocycles. The Morgan fingerprint density at radius 3 is 2.50 bits per heavy atom. The number of nitrogens with zero attached hydrogens (tertiary/aromatic N) is 1. The first-order chi connectivity index (χ1) is 14.5. The molecule has 0 spiro atoms. The first-order valence-corrected chi connectivity index (χ1v) is 9.15. The van der Waals surface area contributed by atoms with Crippen molar-refractivity contribution in [3.8, 4) is 5.75 Å². The van der Waals surface area contributed by atoms with Gasteiger partial charge in [0.1, 0.15) is 12.4 Å². The molecule has 0 aliphatic carbocycles. The van der Waals surface area contributed by atoms with Crippen LogP contribution in [-0.4, -0.2) is 49.4 Å². The highest BCUT2D eigenvalue weighted by atomic mass is 16.5. The molecule has 0 fully saturated rings. The predicted octanol–water partition coefficient (Wildman–Crippen LogP) is 1.57. The van der Waals surface area contributed by atoms with Gasteiger partial charge in [0.2, 0.25) is 0 Å². The third-order valence-electron chi connectivity index (χ3n) is 3.90. The van der Waals surface area contributed by atoms with Crippen molar-refractivity contribution >= 4 is 24.0 Å². The number of hydrazone groups is 1. The molecular formula is C21H23N3O6. The molecule has 9 nitrogen and oxygen atoms in total. The van der Waals surface area contributed by atoms with E-state index in [2.05, 4.69) is 15.8 Å². The summed E-state index contributed by atoms with van der Waals surface area (Å²) in [6, 6.07) is 13.4. The van der Waals surface area contributed by atoms with Gasteiger partial charge in [0.25, 0.3) is 0 Å². The quantitative estimate of drug-likeness (QED) is 0.235. The van der Waals surface area contributed by atoms with Gasteiger partial charge in [-0.1, -0.05) is 24.3 Å². The van der Waals surface area contributed by atoms with Crippen LogP contribution in [0.2, 0.25) is 0 Å². The molecule has 0 saturated heterocycles. The molecule has 0 heterocycles. The van der Waals surface area contributed by atoms with Gasteiger partial charge in [0.15, 0.2) is 0 Å². The van der Waals surface area contributed by atoms with E-state index in [9.17, 15) is 14.4 Å². The van der Waals surface area contributed by atoms with E-state index in [4.69, 9.17) is 14.6 Å². The number of methoxy groups -OCH3 is 1. The van der Waals surface area contributed by atoms with Crippen molar-refractivity contribution in [2.45, 2.75) is 13.0 Å². The minimum atomic E-state index is -0.991. The molecule has 0 saturated carbocycles. The molecule has 0 radical (unpaired) electrons. The smallest absolute Gasteiger partial charge is 0.335 e. The second-order valence-electron chi connectivity index (χ2n) is 6.13. The van der Waals surface area contributed by atoms with Gasteiger partial charge in [0.05, 0.1) is 11.8 Å². The summed E-state index contributed by atoms with van der Waals surface area (Å²) in [5.74, 6) is -2.13. The fourth-order valence-corrected chi connectivity index (χ4v) is 2.33. The Hall–Kier alpha value is -3.72. The largest absolute Gasteiger partial charge is 0.488 e. The molecule has 2 aromatic rings. The van der Waals surface area contributed by atoms with Gasteiger partial charge in [-0.2, -0.15) is 5.10 Å². The standard InChI is InChI=1S/C21H23N3O6/c1-29-12-4-11-22-19(25)20(26)24-23-13-17-5-2-3-6-18(17)30-14-15-7-9-16(10-8-15)21(27)28/h2-3,5-10,13H,4,11-12,14H2,1H3,(H,22,25)(H,24,26)(H,27,28)/b23-13-. The Morgan fingerprint density at radius 2 is 1.80 bits per heavy atom. The van der Waals surface area contributed by atoms with Crippen LogP contribution in [0.3, 0.4) is 0 Å². The number of carbonyl (C=O) groups excluding carboxylic acids is 2. The molecule has 0 unspecified atom stereocenters. The Labute approximate surface area is 173 Å². The van der Waals surface area contributed by atoms with E-state index in [0.717, 1.165) is 5.56 Å². The number of amides is 2. The van der Waals surface area contributed by atoms with Gasteiger partial charge in [-0.05, 0) is 36.2 Å². The van der Waals surface area contributed by atoms with E-state index < -0.39 is 17.8 Å². The van der Waals surface area contributed by atoms with Gasteiger partial charge in [-0.3, -0.25) is 9.59 Å². The zero-order valence-electron chi connectivity index (χ0n) is 16.5. The predicted molar refractivity (Wildman–Crippen MR) is 109 cm³/mol. The summed E-state index contributed by atoms with van der Waals surface area (Å²) >= 11 is 0. The first-order valence-electron chi connectivity index (χ1n) is 9.15. The monoisotopic (exact) mass is 413 g/mol. The van der Waals surface area contributed by atoms with E-state index in [1.54, 1.807) is 43.5 Å². The van der Waals surface area contributed by atoms with Gasteiger partial charge in [0, 0.05) is 25.8 Å². The molecule has 2 amide bonds. The maximum atomic E-state index is 11.7. The summed E-state index contributed by atoms with van der Waals surface area (Å²) in [5, 5.41) is 15.2. The number of para-hydroxylation sites is 1. The minimum absolute atomic E-state index is 0.199. The number of rotatable bonds is 10. The Morgan fingerprint density at radius 1 is 1.07 bits per heavy atom. The number of nitrogens with one attached hydrogen (secondary N) is 2. The fourth-order valence-electron chi connectivity index (χ4n) is 2.33. The minimum Gasteiger partial charge on any atom is -0.488 e. The Bertz CT molecular complexity index is 896. The maximum absolute atomic E-state index is 11.7. The zero-order chi connectivity index (χ0) is 21.8. The highest BCUT2D eigenvalue weighted by molar-refractivity contribution is 6.35. The number of hydrogen-bond acceptors (Lipinski definition) is 6. The lowest BCUT2D eigenvalue weighted by atomic mass is 10.1. The zero-order valence-corrected chi connectivity index (χ0v) is 16.5. The summed E-state index contributed by atoms with van der Waals surface area (Å²) < 4.78 is 10.6. The molecule has 3 N–H and O–H groups in total. The highest BCUT2D eigenvalue weighted by Gasteiger charge is 2.11. The van der Waals surface area contributed by atoms with E-state index in [1.807, 2.05) is 0 Å². The molecule has 0 aliphatic heterocycles. The van der Waals surface area contributed by atoms with Crippen molar-refractivity contribution < 1.29 is 29.0 Å². The summed E-state index contributed by atoms with van der Waals surface area (Å²) in [7, 11) is 1.56. The average Bonchev–Trinajstić information content (AvgIpc) is 2.76. The maximum Gasteiger partial charge on any atom is 0.335 e. The van der Waals surface area contributed by atoms with E-state index >= 15 is 0 Å². The fraction of sp³-hybridized carbons (Fsp3) is 0.238. The Balaban J connectivity index is 1.89. The number of carboxylic acids is 1. The van der Waals surface area contributed by atoms with Gasteiger partial charge in [-0.15, -0.1) is 0 Å². The van der Waals surface area contributed by atoms with E-state index in [1.165, 1.54) is 18.3 Å². The third-order valence-corrected chi connectivity index (χ3v) is 3.90. The molecule has 0 aromatic heterocycles. The van der Waals surface area contributed by atoms with Crippen molar-refractivity contribution in [3.63, 3.8) is 0 Å². The topological polar surface area (TPSA) is 126 Å². The molecule has 30 heavy (non-hydrogen) atoms. The molecular weight excluding hydrogens is 390 g/mol. The SMILES string of the molecule is COCCCNC(=O)C(=O)N/N=C\c1ccccc1OCc1ccc(C(=O)O)cc1. The van der Waals surface area contributed by atoms with Crippen molar-refractivity contribution in [2.75, 3.05) is 20.3 Å². The van der Waals surface area contributed by atoms with Crippen LogP contribution in [0.5, 0.6) is 5.75 Å². The van der Waals surface area contributed by atoms with Crippen molar-refractivity contribution in [3.05, 3.63) is 65.2 Å². The number of hydrogen-bond donors (Lipinski definition) is 3. The second kappa shape index (κ2) is 12.0. The number of aromatic carboxylic acids is 1. The van der Waals surface area contributed by atoms with Crippen LogP contribution >= 0.6 is 0 Å². The summed E-state index contributed by atoms with van der Waals surface area (Å²) in [6.45, 7) is 1.04. The van der Waals surface area contributed by atoms with Crippen LogP contribution in [0.25, 0.3) is 0 Å². The van der Waals surface area contributed by atoms with Crippen LogP contribution in [0.15, 0.2) is 53.6 Å². The van der Waals surface area contributed by atoms with Crippen LogP contribution in [0.1, 0.15) is 27.9 Å². The lowest BCUT2D eigenvalue weighted by Gasteiger charge is -2.09. The molecule has 2 rings (SSSR count). The summed E-state index contributed by atoms with van der Waals surface area (Å²) in [5.41, 5.74) is 3.76.